The van der Waals surface area contributed by atoms with Crippen molar-refractivity contribution in [1.82, 2.24) is 9.80 Å². The van der Waals surface area contributed by atoms with Crippen molar-refractivity contribution in [3.05, 3.63) is 65.7 Å². The van der Waals surface area contributed by atoms with Gasteiger partial charge in [0.25, 0.3) is 0 Å². The van der Waals surface area contributed by atoms with E-state index in [0.29, 0.717) is 5.78 Å². The Hall–Kier alpha value is -1.62. The van der Waals surface area contributed by atoms with E-state index in [1.165, 1.54) is 5.56 Å². The lowest BCUT2D eigenvalue weighted by atomic mass is 9.89. The fourth-order valence-electron chi connectivity index (χ4n) is 3.76. The molecule has 2 aromatic rings. The van der Waals surface area contributed by atoms with Crippen LogP contribution in [0.3, 0.4) is 0 Å². The Morgan fingerprint density at radius 1 is 0.960 bits per heavy atom. The number of piperazine rings is 1. The van der Waals surface area contributed by atoms with Crippen LogP contribution in [0.2, 0.25) is 0 Å². The van der Waals surface area contributed by atoms with Crippen LogP contribution in [0.1, 0.15) is 21.2 Å². The normalized spacial score (nSPS) is 24.9. The number of rotatable bonds is 3. The maximum absolute atomic E-state index is 13.3. The molecule has 130 valence electrons. The van der Waals surface area contributed by atoms with Crippen LogP contribution in [0.15, 0.2) is 59.5 Å². The highest BCUT2D eigenvalue weighted by Crippen LogP contribution is 2.48. The molecule has 0 bridgehead atoms. The molecule has 0 spiro atoms. The fourth-order valence-corrected chi connectivity index (χ4v) is 5.15. The molecule has 2 heterocycles. The number of thioether (sulfide) groups is 1. The van der Waals surface area contributed by atoms with Crippen LogP contribution in [-0.4, -0.2) is 55.4 Å². The number of hydrogen-bond acceptors (Lipinski definition) is 4. The van der Waals surface area contributed by atoms with Gasteiger partial charge in [0.2, 0.25) is 0 Å². The van der Waals surface area contributed by atoms with Gasteiger partial charge in [-0.25, -0.2) is 0 Å². The van der Waals surface area contributed by atoms with E-state index in [1.807, 2.05) is 36.0 Å². The first kappa shape index (κ1) is 16.8. The summed E-state index contributed by atoms with van der Waals surface area (Å²) >= 11 is 1.85. The number of carbonyl (C=O) groups is 1. The van der Waals surface area contributed by atoms with Gasteiger partial charge in [-0.2, -0.15) is 0 Å². The summed E-state index contributed by atoms with van der Waals surface area (Å²) in [5.74, 6) is 0.327. The summed E-state index contributed by atoms with van der Waals surface area (Å²) in [5, 5.41) is 0.197. The first-order valence-electron chi connectivity index (χ1n) is 8.98. The largest absolute Gasteiger partial charge is 0.304 e. The fraction of sp³-hybridized carbons (Fsp3) is 0.381. The summed E-state index contributed by atoms with van der Waals surface area (Å²) in [6, 6.07) is 18.6. The zero-order valence-electron chi connectivity index (χ0n) is 14.6. The van der Waals surface area contributed by atoms with Crippen molar-refractivity contribution >= 4 is 17.5 Å². The predicted molar refractivity (Wildman–Crippen MR) is 103 cm³/mol. The minimum absolute atomic E-state index is 0.0192. The summed E-state index contributed by atoms with van der Waals surface area (Å²) in [6.07, 6.45) is 0. The molecule has 0 unspecified atom stereocenters. The standard InChI is InChI=1S/C21H24N2OS/c1-22-11-13-23(14-12-22)15-18-20(24)17-9-5-6-10-19(17)25-21(18)16-7-3-2-4-8-16/h2-10,18,21H,11-15H2,1H3/t18-,21-/m0/s1. The number of carbonyl (C=O) groups excluding carboxylic acids is 1. The monoisotopic (exact) mass is 352 g/mol. The number of nitrogens with zero attached hydrogens (tertiary/aromatic N) is 2. The molecule has 0 aliphatic carbocycles. The lowest BCUT2D eigenvalue weighted by Crippen LogP contribution is -2.48. The Bertz CT molecular complexity index is 741. The zero-order valence-corrected chi connectivity index (χ0v) is 15.4. The minimum atomic E-state index is 0.0192. The molecule has 1 saturated heterocycles. The summed E-state index contributed by atoms with van der Waals surface area (Å²) in [6.45, 7) is 5.12. The summed E-state index contributed by atoms with van der Waals surface area (Å²) in [4.78, 5) is 19.2. The van der Waals surface area contributed by atoms with Crippen LogP contribution in [0.25, 0.3) is 0 Å². The third-order valence-electron chi connectivity index (χ3n) is 5.29. The van der Waals surface area contributed by atoms with Crippen molar-refractivity contribution < 1.29 is 4.79 Å². The second-order valence-corrected chi connectivity index (χ2v) is 8.20. The Morgan fingerprint density at radius 3 is 2.40 bits per heavy atom. The van der Waals surface area contributed by atoms with E-state index in [-0.39, 0.29) is 11.2 Å². The van der Waals surface area contributed by atoms with Crippen LogP contribution >= 0.6 is 11.8 Å². The van der Waals surface area contributed by atoms with Gasteiger partial charge in [0.15, 0.2) is 5.78 Å². The van der Waals surface area contributed by atoms with Gasteiger partial charge in [-0.3, -0.25) is 4.79 Å². The van der Waals surface area contributed by atoms with E-state index in [4.69, 9.17) is 0 Å². The van der Waals surface area contributed by atoms with Crippen LogP contribution in [0.4, 0.5) is 0 Å². The molecule has 3 nitrogen and oxygen atoms in total. The number of Topliss-reactive ketones (excluding diaryl/α,β-unsaturated/α-hetero) is 1. The Labute approximate surface area is 154 Å². The highest BCUT2D eigenvalue weighted by molar-refractivity contribution is 7.99. The Morgan fingerprint density at radius 2 is 1.64 bits per heavy atom. The van der Waals surface area contributed by atoms with E-state index < -0.39 is 0 Å². The molecule has 2 aliphatic heterocycles. The van der Waals surface area contributed by atoms with Gasteiger partial charge in [0.05, 0.1) is 5.92 Å². The van der Waals surface area contributed by atoms with Gasteiger partial charge in [-0.05, 0) is 18.7 Å². The number of benzene rings is 2. The minimum Gasteiger partial charge on any atom is -0.304 e. The van der Waals surface area contributed by atoms with E-state index >= 15 is 0 Å². The lowest BCUT2D eigenvalue weighted by Gasteiger charge is -2.38. The number of ketones is 1. The zero-order chi connectivity index (χ0) is 17.2. The topological polar surface area (TPSA) is 23.6 Å². The van der Waals surface area contributed by atoms with Crippen LogP contribution < -0.4 is 0 Å². The molecule has 4 heteroatoms. The van der Waals surface area contributed by atoms with Crippen LogP contribution in [-0.2, 0) is 0 Å². The van der Waals surface area contributed by atoms with Gasteiger partial charge in [0, 0.05) is 48.4 Å². The summed E-state index contributed by atoms with van der Waals surface area (Å²) < 4.78 is 0. The van der Waals surface area contributed by atoms with E-state index in [1.54, 1.807) is 0 Å². The van der Waals surface area contributed by atoms with E-state index in [9.17, 15) is 4.79 Å². The van der Waals surface area contributed by atoms with Crippen molar-refractivity contribution in [2.45, 2.75) is 10.1 Å². The number of fused-ring (bicyclic) bond motifs is 1. The van der Waals surface area contributed by atoms with Gasteiger partial charge in [-0.1, -0.05) is 48.5 Å². The van der Waals surface area contributed by atoms with Gasteiger partial charge in [0.1, 0.15) is 0 Å². The maximum Gasteiger partial charge on any atom is 0.169 e. The van der Waals surface area contributed by atoms with Crippen molar-refractivity contribution in [1.29, 1.82) is 0 Å². The van der Waals surface area contributed by atoms with Crippen LogP contribution in [0.5, 0.6) is 0 Å². The molecule has 1 fully saturated rings. The molecule has 0 amide bonds. The molecule has 0 radical (unpaired) electrons. The summed E-state index contributed by atoms with van der Waals surface area (Å²) in [7, 11) is 2.17. The highest BCUT2D eigenvalue weighted by Gasteiger charge is 2.38. The molecular weight excluding hydrogens is 328 g/mol. The number of likely N-dealkylation sites (N-methyl/N-ethyl adjacent to an activating group) is 1. The van der Waals surface area contributed by atoms with Crippen molar-refractivity contribution in [2.75, 3.05) is 39.8 Å². The third kappa shape index (κ3) is 3.52. The first-order valence-corrected chi connectivity index (χ1v) is 9.86. The van der Waals surface area contributed by atoms with Crippen LogP contribution in [0, 0.1) is 5.92 Å². The SMILES string of the molecule is CN1CCN(C[C@H]2C(=O)c3ccccc3S[C@H]2c2ccccc2)CC1. The molecule has 0 saturated carbocycles. The second kappa shape index (κ2) is 7.32. The Kier molecular flexibility index (Phi) is 4.93. The van der Waals surface area contributed by atoms with Crippen molar-refractivity contribution in [3.8, 4) is 0 Å². The lowest BCUT2D eigenvalue weighted by molar-refractivity contribution is 0.0824. The molecular formula is C21H24N2OS. The molecule has 0 N–H and O–H groups in total. The maximum atomic E-state index is 13.3. The Balaban J connectivity index is 1.64. The molecule has 25 heavy (non-hydrogen) atoms. The van der Waals surface area contributed by atoms with Crippen molar-refractivity contribution in [2.24, 2.45) is 5.92 Å². The molecule has 2 aliphatic rings. The molecule has 2 atom stereocenters. The molecule has 4 rings (SSSR count). The first-order chi connectivity index (χ1) is 12.2. The van der Waals surface area contributed by atoms with Gasteiger partial charge >= 0.3 is 0 Å². The smallest absolute Gasteiger partial charge is 0.169 e. The van der Waals surface area contributed by atoms with E-state index in [0.717, 1.165) is 43.2 Å². The predicted octanol–water partition coefficient (Wildman–Crippen LogP) is 3.58. The average Bonchev–Trinajstić information content (AvgIpc) is 2.66. The highest BCUT2D eigenvalue weighted by atomic mass is 32.2. The van der Waals surface area contributed by atoms with Gasteiger partial charge in [-0.15, -0.1) is 11.8 Å². The van der Waals surface area contributed by atoms with Crippen molar-refractivity contribution in [3.63, 3.8) is 0 Å². The number of hydrogen-bond donors (Lipinski definition) is 0. The second-order valence-electron chi connectivity index (χ2n) is 7.02. The van der Waals surface area contributed by atoms with E-state index in [2.05, 4.69) is 47.2 Å². The molecule has 2 aromatic carbocycles. The van der Waals surface area contributed by atoms with Gasteiger partial charge < -0.3 is 9.80 Å². The quantitative estimate of drug-likeness (QED) is 0.842. The average molecular weight is 353 g/mol. The third-order valence-corrected chi connectivity index (χ3v) is 6.75. The summed E-state index contributed by atoms with van der Waals surface area (Å²) in [5.41, 5.74) is 2.16. The molecule has 0 aromatic heterocycles.